The summed E-state index contributed by atoms with van der Waals surface area (Å²) in [5.41, 5.74) is 1.17. The highest BCUT2D eigenvalue weighted by Crippen LogP contribution is 2.22. The molecule has 0 spiro atoms. The molecule has 0 aliphatic carbocycles. The number of hydrogen-bond donors (Lipinski definition) is 1. The second-order valence-electron chi connectivity index (χ2n) is 4.08. The lowest BCUT2D eigenvalue weighted by Gasteiger charge is -2.15. The molecule has 1 heterocycles. The molecule has 18 heavy (non-hydrogen) atoms. The predicted molar refractivity (Wildman–Crippen MR) is 73.9 cm³/mol. The Morgan fingerprint density at radius 2 is 2.00 bits per heavy atom. The molecule has 1 unspecified atom stereocenters. The van der Waals surface area contributed by atoms with Crippen LogP contribution < -0.4 is 10.1 Å². The van der Waals surface area contributed by atoms with Gasteiger partial charge in [0.2, 0.25) is 0 Å². The van der Waals surface area contributed by atoms with Crippen molar-refractivity contribution in [2.75, 3.05) is 11.9 Å². The van der Waals surface area contributed by atoms with Gasteiger partial charge in [-0.2, -0.15) is 0 Å². The van der Waals surface area contributed by atoms with Crippen molar-refractivity contribution in [3.63, 3.8) is 0 Å². The number of pyridine rings is 1. The lowest BCUT2D eigenvalue weighted by atomic mass is 10.1. The first-order valence-corrected chi connectivity index (χ1v) is 6.21. The standard InChI is InChI=1S/C15H18N2O/c1-3-16-15-11-14(9-10-17-15)18-12(2)13-7-5-4-6-8-13/h4-12H,3H2,1-2H3,(H,16,17). The second-order valence-corrected chi connectivity index (χ2v) is 4.08. The van der Waals surface area contributed by atoms with E-state index < -0.39 is 0 Å². The fraction of sp³-hybridized carbons (Fsp3) is 0.267. The summed E-state index contributed by atoms with van der Waals surface area (Å²) in [6.07, 6.45) is 1.79. The van der Waals surface area contributed by atoms with Crippen molar-refractivity contribution < 1.29 is 4.74 Å². The average molecular weight is 242 g/mol. The van der Waals surface area contributed by atoms with E-state index in [2.05, 4.69) is 22.4 Å². The van der Waals surface area contributed by atoms with Crippen LogP contribution in [-0.4, -0.2) is 11.5 Å². The monoisotopic (exact) mass is 242 g/mol. The van der Waals surface area contributed by atoms with E-state index in [9.17, 15) is 0 Å². The van der Waals surface area contributed by atoms with Gasteiger partial charge in [0.15, 0.2) is 0 Å². The molecule has 94 valence electrons. The number of hydrogen-bond acceptors (Lipinski definition) is 3. The van der Waals surface area contributed by atoms with E-state index >= 15 is 0 Å². The normalized spacial score (nSPS) is 11.9. The Morgan fingerprint density at radius 3 is 2.72 bits per heavy atom. The Kier molecular flexibility index (Phi) is 4.18. The van der Waals surface area contributed by atoms with E-state index in [-0.39, 0.29) is 6.10 Å². The van der Waals surface area contributed by atoms with Gasteiger partial charge < -0.3 is 10.1 Å². The molecule has 0 fully saturated rings. The first-order chi connectivity index (χ1) is 8.79. The Balaban J connectivity index is 2.07. The number of nitrogens with zero attached hydrogens (tertiary/aromatic N) is 1. The van der Waals surface area contributed by atoms with Crippen molar-refractivity contribution in [1.29, 1.82) is 0 Å². The maximum atomic E-state index is 5.91. The molecule has 1 atom stereocenters. The third-order valence-electron chi connectivity index (χ3n) is 2.67. The van der Waals surface area contributed by atoms with Crippen molar-refractivity contribution in [2.24, 2.45) is 0 Å². The summed E-state index contributed by atoms with van der Waals surface area (Å²) in [5.74, 6) is 1.67. The molecule has 1 N–H and O–H groups in total. The number of aromatic nitrogens is 1. The smallest absolute Gasteiger partial charge is 0.129 e. The van der Waals surface area contributed by atoms with Crippen LogP contribution in [0.25, 0.3) is 0 Å². The molecule has 0 radical (unpaired) electrons. The van der Waals surface area contributed by atoms with Crippen LogP contribution in [-0.2, 0) is 0 Å². The highest BCUT2D eigenvalue weighted by atomic mass is 16.5. The van der Waals surface area contributed by atoms with Crippen LogP contribution in [0.15, 0.2) is 48.7 Å². The fourth-order valence-electron chi connectivity index (χ4n) is 1.76. The number of ether oxygens (including phenoxy) is 1. The SMILES string of the molecule is CCNc1cc(OC(C)c2ccccc2)ccn1. The molecule has 1 aromatic heterocycles. The lowest BCUT2D eigenvalue weighted by Crippen LogP contribution is -2.04. The first-order valence-electron chi connectivity index (χ1n) is 6.21. The van der Waals surface area contributed by atoms with Crippen LogP contribution in [0.3, 0.4) is 0 Å². The van der Waals surface area contributed by atoms with E-state index in [4.69, 9.17) is 4.74 Å². The van der Waals surface area contributed by atoms with Crippen LogP contribution in [0.2, 0.25) is 0 Å². The van der Waals surface area contributed by atoms with E-state index in [1.165, 1.54) is 5.56 Å². The maximum absolute atomic E-state index is 5.91. The van der Waals surface area contributed by atoms with Crippen molar-refractivity contribution >= 4 is 5.82 Å². The molecule has 2 rings (SSSR count). The van der Waals surface area contributed by atoms with Crippen LogP contribution in [0.1, 0.15) is 25.5 Å². The molecule has 0 saturated carbocycles. The van der Waals surface area contributed by atoms with E-state index in [0.717, 1.165) is 18.1 Å². The van der Waals surface area contributed by atoms with E-state index in [0.29, 0.717) is 0 Å². The van der Waals surface area contributed by atoms with Gasteiger partial charge in [-0.15, -0.1) is 0 Å². The second kappa shape index (κ2) is 6.05. The fourth-order valence-corrected chi connectivity index (χ4v) is 1.76. The van der Waals surface area contributed by atoms with Gasteiger partial charge in [-0.3, -0.25) is 0 Å². The molecule has 1 aromatic carbocycles. The predicted octanol–water partition coefficient (Wildman–Crippen LogP) is 3.65. The molecule has 3 nitrogen and oxygen atoms in total. The van der Waals surface area contributed by atoms with Crippen molar-refractivity contribution in [3.05, 3.63) is 54.2 Å². The molecule has 0 bridgehead atoms. The van der Waals surface area contributed by atoms with Crippen LogP contribution in [0.4, 0.5) is 5.82 Å². The van der Waals surface area contributed by atoms with Crippen molar-refractivity contribution in [2.45, 2.75) is 20.0 Å². The summed E-state index contributed by atoms with van der Waals surface area (Å²) < 4.78 is 5.91. The minimum Gasteiger partial charge on any atom is -0.486 e. The summed E-state index contributed by atoms with van der Waals surface area (Å²) in [6.45, 7) is 4.94. The number of anilines is 1. The summed E-state index contributed by atoms with van der Waals surface area (Å²) in [6, 6.07) is 14.0. The Labute approximate surface area is 108 Å². The zero-order valence-electron chi connectivity index (χ0n) is 10.8. The topological polar surface area (TPSA) is 34.1 Å². The molecule has 0 amide bonds. The number of nitrogens with one attached hydrogen (secondary N) is 1. The molecular weight excluding hydrogens is 224 g/mol. The summed E-state index contributed by atoms with van der Waals surface area (Å²) >= 11 is 0. The van der Waals surface area contributed by atoms with Gasteiger partial charge in [0, 0.05) is 18.8 Å². The van der Waals surface area contributed by atoms with E-state index in [1.807, 2.05) is 44.2 Å². The highest BCUT2D eigenvalue weighted by molar-refractivity contribution is 5.40. The van der Waals surface area contributed by atoms with Gasteiger partial charge in [-0.05, 0) is 25.5 Å². The van der Waals surface area contributed by atoms with Gasteiger partial charge in [0.25, 0.3) is 0 Å². The summed E-state index contributed by atoms with van der Waals surface area (Å²) in [7, 11) is 0. The maximum Gasteiger partial charge on any atom is 0.129 e. The molecule has 0 aliphatic heterocycles. The third-order valence-corrected chi connectivity index (χ3v) is 2.67. The van der Waals surface area contributed by atoms with Crippen molar-refractivity contribution in [1.82, 2.24) is 4.98 Å². The number of benzene rings is 1. The van der Waals surface area contributed by atoms with Gasteiger partial charge >= 0.3 is 0 Å². The zero-order chi connectivity index (χ0) is 12.8. The Morgan fingerprint density at radius 1 is 1.22 bits per heavy atom. The highest BCUT2D eigenvalue weighted by Gasteiger charge is 2.06. The largest absolute Gasteiger partial charge is 0.486 e. The average Bonchev–Trinajstić information content (AvgIpc) is 2.40. The molecule has 0 aliphatic rings. The lowest BCUT2D eigenvalue weighted by molar-refractivity contribution is 0.227. The minimum atomic E-state index is 0.0306. The minimum absolute atomic E-state index is 0.0306. The molecule has 2 aromatic rings. The van der Waals surface area contributed by atoms with Crippen LogP contribution >= 0.6 is 0 Å². The zero-order valence-corrected chi connectivity index (χ0v) is 10.8. The first kappa shape index (κ1) is 12.4. The van der Waals surface area contributed by atoms with Crippen LogP contribution in [0, 0.1) is 0 Å². The Bertz CT molecular complexity index is 485. The molecule has 0 saturated heterocycles. The quantitative estimate of drug-likeness (QED) is 0.869. The van der Waals surface area contributed by atoms with Gasteiger partial charge in [0.05, 0.1) is 0 Å². The number of rotatable bonds is 5. The Hall–Kier alpha value is -2.03. The van der Waals surface area contributed by atoms with Crippen LogP contribution in [0.5, 0.6) is 5.75 Å². The third kappa shape index (κ3) is 3.23. The van der Waals surface area contributed by atoms with Gasteiger partial charge in [-0.1, -0.05) is 30.3 Å². The van der Waals surface area contributed by atoms with Gasteiger partial charge in [-0.25, -0.2) is 4.98 Å². The van der Waals surface area contributed by atoms with E-state index in [1.54, 1.807) is 6.20 Å². The molecule has 3 heteroatoms. The summed E-state index contributed by atoms with van der Waals surface area (Å²) in [4.78, 5) is 4.22. The van der Waals surface area contributed by atoms with Crippen molar-refractivity contribution in [3.8, 4) is 5.75 Å². The molecular formula is C15H18N2O. The summed E-state index contributed by atoms with van der Waals surface area (Å²) in [5, 5.41) is 3.17. The van der Waals surface area contributed by atoms with Gasteiger partial charge in [0.1, 0.15) is 17.7 Å².